The van der Waals surface area contributed by atoms with Gasteiger partial charge in [-0.25, -0.2) is 8.78 Å². The number of benzene rings is 1. The molecule has 0 bridgehead atoms. The molecule has 0 aliphatic heterocycles. The number of carbonyl (C=O) groups is 1. The minimum absolute atomic E-state index is 0.0614. The van der Waals surface area contributed by atoms with E-state index in [0.717, 1.165) is 12.1 Å². The number of carbonyl (C=O) groups excluding carboxylic acids is 1. The van der Waals surface area contributed by atoms with Crippen LogP contribution in [-0.2, 0) is 11.3 Å². The lowest BCUT2D eigenvalue weighted by atomic mass is 10.2. The van der Waals surface area contributed by atoms with Gasteiger partial charge in [0.15, 0.2) is 11.6 Å². The molecule has 3 N–H and O–H groups in total. The van der Waals surface area contributed by atoms with Crippen LogP contribution in [0.4, 0.5) is 8.78 Å². The van der Waals surface area contributed by atoms with Gasteiger partial charge in [-0.05, 0) is 13.0 Å². The first kappa shape index (κ1) is 14.4. The molecule has 100 valence electrons. The molecule has 1 unspecified atom stereocenters. The maximum atomic E-state index is 13.5. The Morgan fingerprint density at radius 3 is 2.67 bits per heavy atom. The summed E-state index contributed by atoms with van der Waals surface area (Å²) in [6.45, 7) is 1.60. The largest absolute Gasteiger partial charge is 0.494 e. The van der Waals surface area contributed by atoms with E-state index in [1.54, 1.807) is 6.92 Å². The molecule has 1 amide bonds. The summed E-state index contributed by atoms with van der Waals surface area (Å²) in [6.07, 6.45) is 0.139. The fourth-order valence-corrected chi connectivity index (χ4v) is 1.42. The third kappa shape index (κ3) is 3.96. The van der Waals surface area contributed by atoms with Gasteiger partial charge in [-0.1, -0.05) is 0 Å². The van der Waals surface area contributed by atoms with Gasteiger partial charge in [-0.15, -0.1) is 0 Å². The number of amides is 1. The molecule has 0 saturated carbocycles. The van der Waals surface area contributed by atoms with Crippen LogP contribution in [0.2, 0.25) is 0 Å². The molecule has 18 heavy (non-hydrogen) atoms. The Morgan fingerprint density at radius 2 is 2.11 bits per heavy atom. The van der Waals surface area contributed by atoms with Crippen LogP contribution in [0.3, 0.4) is 0 Å². The molecule has 0 radical (unpaired) electrons. The zero-order valence-corrected chi connectivity index (χ0v) is 10.3. The van der Waals surface area contributed by atoms with Crippen LogP contribution >= 0.6 is 0 Å². The van der Waals surface area contributed by atoms with Crippen molar-refractivity contribution in [3.05, 3.63) is 29.3 Å². The van der Waals surface area contributed by atoms with Crippen LogP contribution in [0.25, 0.3) is 0 Å². The lowest BCUT2D eigenvalue weighted by molar-refractivity contribution is -0.121. The van der Waals surface area contributed by atoms with Gasteiger partial charge in [0.05, 0.1) is 7.11 Å². The molecule has 0 aromatic heterocycles. The van der Waals surface area contributed by atoms with E-state index in [1.165, 1.54) is 7.11 Å². The Morgan fingerprint density at radius 1 is 1.44 bits per heavy atom. The normalized spacial score (nSPS) is 12.1. The molecular weight excluding hydrogens is 242 g/mol. The monoisotopic (exact) mass is 258 g/mol. The van der Waals surface area contributed by atoms with Crippen LogP contribution in [0, 0.1) is 11.6 Å². The van der Waals surface area contributed by atoms with Crippen molar-refractivity contribution >= 4 is 5.91 Å². The standard InChI is InChI=1S/C12H16F2N2O2/c1-7(15)3-12(17)16-6-8-4-10(14)11(18-2)5-9(8)13/h4-5,7H,3,6,15H2,1-2H3,(H,16,17). The Kier molecular flexibility index (Phi) is 5.03. The third-order valence-corrected chi connectivity index (χ3v) is 2.30. The second-order valence-corrected chi connectivity index (χ2v) is 4.04. The summed E-state index contributed by atoms with van der Waals surface area (Å²) in [7, 11) is 1.25. The summed E-state index contributed by atoms with van der Waals surface area (Å²) in [5, 5.41) is 2.47. The van der Waals surface area contributed by atoms with E-state index in [0.29, 0.717) is 0 Å². The second kappa shape index (κ2) is 6.30. The SMILES string of the molecule is COc1cc(F)c(CNC(=O)CC(C)N)cc1F. The predicted molar refractivity (Wildman–Crippen MR) is 63.0 cm³/mol. The van der Waals surface area contributed by atoms with Crippen molar-refractivity contribution in [1.29, 1.82) is 0 Å². The van der Waals surface area contributed by atoms with Gasteiger partial charge in [-0.3, -0.25) is 4.79 Å². The van der Waals surface area contributed by atoms with E-state index >= 15 is 0 Å². The molecule has 0 aliphatic carbocycles. The lowest BCUT2D eigenvalue weighted by Gasteiger charge is -2.09. The summed E-state index contributed by atoms with van der Waals surface area (Å²) in [4.78, 5) is 11.3. The molecular formula is C12H16F2N2O2. The predicted octanol–water partition coefficient (Wildman–Crippen LogP) is 1.33. The van der Waals surface area contributed by atoms with Crippen LogP contribution < -0.4 is 15.8 Å². The first-order valence-electron chi connectivity index (χ1n) is 5.48. The van der Waals surface area contributed by atoms with Crippen molar-refractivity contribution in [1.82, 2.24) is 5.32 Å². The molecule has 1 aromatic carbocycles. The van der Waals surface area contributed by atoms with Gasteiger partial charge in [0.2, 0.25) is 5.91 Å². The van der Waals surface area contributed by atoms with E-state index in [-0.39, 0.29) is 36.2 Å². The Balaban J connectivity index is 2.68. The van der Waals surface area contributed by atoms with E-state index < -0.39 is 11.6 Å². The minimum atomic E-state index is -0.671. The first-order valence-corrected chi connectivity index (χ1v) is 5.48. The highest BCUT2D eigenvalue weighted by molar-refractivity contribution is 5.76. The van der Waals surface area contributed by atoms with E-state index in [4.69, 9.17) is 5.73 Å². The number of hydrogen-bond donors (Lipinski definition) is 2. The van der Waals surface area contributed by atoms with Crippen LogP contribution in [0.15, 0.2) is 12.1 Å². The average Bonchev–Trinajstić information content (AvgIpc) is 2.28. The highest BCUT2D eigenvalue weighted by Crippen LogP contribution is 2.21. The van der Waals surface area contributed by atoms with Crippen LogP contribution in [-0.4, -0.2) is 19.1 Å². The van der Waals surface area contributed by atoms with Gasteiger partial charge in [0, 0.05) is 30.6 Å². The van der Waals surface area contributed by atoms with Gasteiger partial charge in [-0.2, -0.15) is 0 Å². The third-order valence-electron chi connectivity index (χ3n) is 2.30. The number of rotatable bonds is 5. The quantitative estimate of drug-likeness (QED) is 0.837. The molecule has 0 saturated heterocycles. The molecule has 0 fully saturated rings. The van der Waals surface area contributed by atoms with Gasteiger partial charge in [0.25, 0.3) is 0 Å². The maximum absolute atomic E-state index is 13.5. The van der Waals surface area contributed by atoms with Gasteiger partial charge < -0.3 is 15.8 Å². The van der Waals surface area contributed by atoms with E-state index in [1.807, 2.05) is 0 Å². The van der Waals surface area contributed by atoms with Crippen molar-refractivity contribution in [2.75, 3.05) is 7.11 Å². The molecule has 0 aliphatic rings. The molecule has 1 aromatic rings. The maximum Gasteiger partial charge on any atom is 0.221 e. The van der Waals surface area contributed by atoms with Crippen molar-refractivity contribution in [2.45, 2.75) is 25.9 Å². The fraction of sp³-hybridized carbons (Fsp3) is 0.417. The van der Waals surface area contributed by atoms with Crippen LogP contribution in [0.5, 0.6) is 5.75 Å². The summed E-state index contributed by atoms with van der Waals surface area (Å²) < 4.78 is 31.5. The number of hydrogen-bond acceptors (Lipinski definition) is 3. The number of halogens is 2. The van der Waals surface area contributed by atoms with Crippen LogP contribution in [0.1, 0.15) is 18.9 Å². The van der Waals surface area contributed by atoms with Crippen molar-refractivity contribution in [3.63, 3.8) is 0 Å². The summed E-state index contributed by atoms with van der Waals surface area (Å²) in [5.74, 6) is -1.77. The Labute approximate surface area is 104 Å². The molecule has 6 heteroatoms. The van der Waals surface area contributed by atoms with Gasteiger partial charge >= 0.3 is 0 Å². The fourth-order valence-electron chi connectivity index (χ4n) is 1.42. The van der Waals surface area contributed by atoms with Crippen molar-refractivity contribution in [3.8, 4) is 5.75 Å². The van der Waals surface area contributed by atoms with Crippen molar-refractivity contribution in [2.24, 2.45) is 5.73 Å². The molecule has 0 heterocycles. The highest BCUT2D eigenvalue weighted by atomic mass is 19.1. The molecule has 1 rings (SSSR count). The van der Waals surface area contributed by atoms with E-state index in [9.17, 15) is 13.6 Å². The number of methoxy groups -OCH3 is 1. The zero-order valence-electron chi connectivity index (χ0n) is 10.3. The summed E-state index contributed by atoms with van der Waals surface area (Å²) in [6, 6.07) is 1.67. The van der Waals surface area contributed by atoms with Gasteiger partial charge in [0.1, 0.15) is 5.82 Å². The zero-order chi connectivity index (χ0) is 13.7. The Hall–Kier alpha value is -1.69. The molecule has 4 nitrogen and oxygen atoms in total. The summed E-state index contributed by atoms with van der Waals surface area (Å²) in [5.41, 5.74) is 5.50. The topological polar surface area (TPSA) is 64.3 Å². The molecule has 1 atom stereocenters. The molecule has 0 spiro atoms. The minimum Gasteiger partial charge on any atom is -0.494 e. The number of nitrogens with two attached hydrogens (primary N) is 1. The average molecular weight is 258 g/mol. The highest BCUT2D eigenvalue weighted by Gasteiger charge is 2.11. The van der Waals surface area contributed by atoms with E-state index in [2.05, 4.69) is 10.1 Å². The Bertz CT molecular complexity index is 436. The summed E-state index contributed by atoms with van der Waals surface area (Å²) >= 11 is 0. The lowest BCUT2D eigenvalue weighted by Crippen LogP contribution is -2.29. The number of ether oxygens (including phenoxy) is 1. The van der Waals surface area contributed by atoms with Crippen molar-refractivity contribution < 1.29 is 18.3 Å². The smallest absolute Gasteiger partial charge is 0.221 e. The number of nitrogens with one attached hydrogen (secondary N) is 1. The first-order chi connectivity index (χ1) is 8.43. The second-order valence-electron chi connectivity index (χ2n) is 4.04.